The molecule has 0 spiro atoms. The lowest BCUT2D eigenvalue weighted by molar-refractivity contribution is -0.125. The predicted molar refractivity (Wildman–Crippen MR) is 89.5 cm³/mol. The van der Waals surface area contributed by atoms with Crippen LogP contribution in [-0.2, 0) is 11.3 Å². The lowest BCUT2D eigenvalue weighted by Crippen LogP contribution is -2.24. The fraction of sp³-hybridized carbons (Fsp3) is 0.167. The van der Waals surface area contributed by atoms with Crippen molar-refractivity contribution in [2.75, 3.05) is 13.8 Å². The molecule has 0 unspecified atom stereocenters. The quantitative estimate of drug-likeness (QED) is 0.788. The van der Waals surface area contributed by atoms with Crippen LogP contribution in [0.2, 0.25) is 5.02 Å². The summed E-state index contributed by atoms with van der Waals surface area (Å²) < 4.78 is 24.3. The number of hydrogen-bond acceptors (Lipinski definition) is 3. The van der Waals surface area contributed by atoms with Gasteiger partial charge in [-0.15, -0.1) is 0 Å². The number of carbonyl (C=O) groups is 1. The van der Waals surface area contributed by atoms with E-state index in [1.165, 1.54) is 23.1 Å². The van der Waals surface area contributed by atoms with Crippen molar-refractivity contribution in [3.05, 3.63) is 64.4 Å². The van der Waals surface area contributed by atoms with Gasteiger partial charge in [0.25, 0.3) is 0 Å². The molecular formula is C18H15ClFNO3. The number of benzene rings is 2. The molecule has 1 aliphatic rings. The minimum absolute atomic E-state index is 0.0931. The summed E-state index contributed by atoms with van der Waals surface area (Å²) in [7, 11) is 1.59. The third kappa shape index (κ3) is 3.51. The molecule has 2 aromatic rings. The van der Waals surface area contributed by atoms with Crippen molar-refractivity contribution < 1.29 is 18.7 Å². The molecule has 6 heteroatoms. The van der Waals surface area contributed by atoms with Crippen LogP contribution in [0.3, 0.4) is 0 Å². The summed E-state index contributed by atoms with van der Waals surface area (Å²) in [6.07, 6.45) is 3.09. The van der Waals surface area contributed by atoms with Crippen LogP contribution in [0, 0.1) is 5.82 Å². The molecule has 1 heterocycles. The minimum atomic E-state index is -0.429. The second-order valence-corrected chi connectivity index (χ2v) is 5.75. The van der Waals surface area contributed by atoms with Gasteiger partial charge in [0, 0.05) is 30.3 Å². The van der Waals surface area contributed by atoms with Gasteiger partial charge in [-0.1, -0.05) is 23.7 Å². The maximum atomic E-state index is 13.8. The highest BCUT2D eigenvalue weighted by molar-refractivity contribution is 6.31. The molecular weight excluding hydrogens is 333 g/mol. The highest BCUT2D eigenvalue weighted by Crippen LogP contribution is 2.32. The number of likely N-dealkylation sites (N-methyl/N-ethyl adjacent to an activating group) is 1. The van der Waals surface area contributed by atoms with Gasteiger partial charge in [-0.05, 0) is 35.9 Å². The molecule has 124 valence electrons. The van der Waals surface area contributed by atoms with Crippen LogP contribution < -0.4 is 9.47 Å². The van der Waals surface area contributed by atoms with Crippen LogP contribution in [0.1, 0.15) is 11.1 Å². The van der Waals surface area contributed by atoms with Gasteiger partial charge in [0.1, 0.15) is 5.82 Å². The van der Waals surface area contributed by atoms with Gasteiger partial charge in [0.2, 0.25) is 12.7 Å². The smallest absolute Gasteiger partial charge is 0.246 e. The third-order valence-corrected chi connectivity index (χ3v) is 4.00. The average Bonchev–Trinajstić information content (AvgIpc) is 3.03. The maximum Gasteiger partial charge on any atom is 0.246 e. The first-order valence-electron chi connectivity index (χ1n) is 7.30. The van der Waals surface area contributed by atoms with E-state index in [1.54, 1.807) is 31.3 Å². The Kier molecular flexibility index (Phi) is 4.71. The van der Waals surface area contributed by atoms with Crippen molar-refractivity contribution in [2.24, 2.45) is 0 Å². The van der Waals surface area contributed by atoms with Crippen molar-refractivity contribution in [1.82, 2.24) is 4.90 Å². The summed E-state index contributed by atoms with van der Waals surface area (Å²) in [5.41, 5.74) is 1.11. The monoisotopic (exact) mass is 347 g/mol. The molecule has 0 atom stereocenters. The summed E-state index contributed by atoms with van der Waals surface area (Å²) in [5.74, 6) is 0.648. The molecule has 0 fully saturated rings. The lowest BCUT2D eigenvalue weighted by Gasteiger charge is -2.16. The van der Waals surface area contributed by atoms with Gasteiger partial charge in [0.15, 0.2) is 11.5 Å². The van der Waals surface area contributed by atoms with Gasteiger partial charge in [-0.3, -0.25) is 4.79 Å². The van der Waals surface area contributed by atoms with Gasteiger partial charge < -0.3 is 14.4 Å². The van der Waals surface area contributed by atoms with Crippen LogP contribution in [0.5, 0.6) is 11.5 Å². The van der Waals surface area contributed by atoms with Crippen molar-refractivity contribution in [2.45, 2.75) is 6.54 Å². The Morgan fingerprint density at radius 3 is 2.88 bits per heavy atom. The molecule has 0 saturated heterocycles. The van der Waals surface area contributed by atoms with E-state index in [9.17, 15) is 9.18 Å². The van der Waals surface area contributed by atoms with E-state index in [2.05, 4.69) is 0 Å². The van der Waals surface area contributed by atoms with E-state index in [1.807, 2.05) is 6.07 Å². The molecule has 0 radical (unpaired) electrons. The van der Waals surface area contributed by atoms with Crippen LogP contribution in [0.4, 0.5) is 4.39 Å². The van der Waals surface area contributed by atoms with Gasteiger partial charge >= 0.3 is 0 Å². The normalized spacial score (nSPS) is 12.6. The fourth-order valence-corrected chi connectivity index (χ4v) is 2.53. The van der Waals surface area contributed by atoms with Crippen molar-refractivity contribution in [3.63, 3.8) is 0 Å². The third-order valence-electron chi connectivity index (χ3n) is 3.65. The first-order valence-corrected chi connectivity index (χ1v) is 7.68. The van der Waals surface area contributed by atoms with E-state index in [0.29, 0.717) is 22.1 Å². The van der Waals surface area contributed by atoms with E-state index in [0.717, 1.165) is 5.56 Å². The molecule has 0 N–H and O–H groups in total. The van der Waals surface area contributed by atoms with Gasteiger partial charge in [-0.25, -0.2) is 4.39 Å². The van der Waals surface area contributed by atoms with Crippen LogP contribution in [0.15, 0.2) is 42.5 Å². The SMILES string of the molecule is CN(Cc1c(F)cccc1Cl)C(=O)/C=C/c1ccc2c(c1)OCO2. The lowest BCUT2D eigenvalue weighted by atomic mass is 10.1. The summed E-state index contributed by atoms with van der Waals surface area (Å²) in [6, 6.07) is 9.85. The zero-order valence-corrected chi connectivity index (χ0v) is 13.7. The van der Waals surface area contributed by atoms with Crippen molar-refractivity contribution in [1.29, 1.82) is 0 Å². The number of amides is 1. The van der Waals surface area contributed by atoms with E-state index < -0.39 is 5.82 Å². The van der Waals surface area contributed by atoms with Crippen molar-refractivity contribution in [3.8, 4) is 11.5 Å². The fourth-order valence-electron chi connectivity index (χ4n) is 2.31. The highest BCUT2D eigenvalue weighted by atomic mass is 35.5. The van der Waals surface area contributed by atoms with Crippen LogP contribution in [0.25, 0.3) is 6.08 Å². The number of fused-ring (bicyclic) bond motifs is 1. The largest absolute Gasteiger partial charge is 0.454 e. The second-order valence-electron chi connectivity index (χ2n) is 5.34. The molecule has 0 aromatic heterocycles. The zero-order valence-electron chi connectivity index (χ0n) is 13.0. The highest BCUT2D eigenvalue weighted by Gasteiger charge is 2.14. The summed E-state index contributed by atoms with van der Waals surface area (Å²) in [4.78, 5) is 13.6. The van der Waals surface area contributed by atoms with Crippen LogP contribution in [-0.4, -0.2) is 24.6 Å². The summed E-state index contributed by atoms with van der Waals surface area (Å²) in [5, 5.41) is 0.300. The Balaban J connectivity index is 1.68. The maximum absolute atomic E-state index is 13.8. The minimum Gasteiger partial charge on any atom is -0.454 e. The van der Waals surface area contributed by atoms with E-state index in [-0.39, 0.29) is 19.2 Å². The standard InChI is InChI=1S/C18H15ClFNO3/c1-21(10-13-14(19)3-2-4-15(13)20)18(22)8-6-12-5-7-16-17(9-12)24-11-23-16/h2-9H,10-11H2,1H3/b8-6+. The van der Waals surface area contributed by atoms with Crippen molar-refractivity contribution >= 4 is 23.6 Å². The molecule has 3 rings (SSSR count). The van der Waals surface area contributed by atoms with Gasteiger partial charge in [0.05, 0.1) is 0 Å². The summed E-state index contributed by atoms with van der Waals surface area (Å²) in [6.45, 7) is 0.295. The number of ether oxygens (including phenoxy) is 2. The molecule has 24 heavy (non-hydrogen) atoms. The van der Waals surface area contributed by atoms with E-state index >= 15 is 0 Å². The summed E-state index contributed by atoms with van der Waals surface area (Å²) >= 11 is 5.98. The number of rotatable bonds is 4. The molecule has 0 bridgehead atoms. The molecule has 1 amide bonds. The number of hydrogen-bond donors (Lipinski definition) is 0. The molecule has 2 aromatic carbocycles. The zero-order chi connectivity index (χ0) is 17.1. The Hall–Kier alpha value is -2.53. The second kappa shape index (κ2) is 6.93. The Morgan fingerprint density at radius 1 is 1.29 bits per heavy atom. The average molecular weight is 348 g/mol. The Bertz CT molecular complexity index is 787. The number of carbonyl (C=O) groups excluding carboxylic acids is 1. The molecule has 0 saturated carbocycles. The Labute approximate surface area is 144 Å². The van der Waals surface area contributed by atoms with E-state index in [4.69, 9.17) is 21.1 Å². The molecule has 4 nitrogen and oxygen atoms in total. The number of nitrogens with zero attached hydrogens (tertiary/aromatic N) is 1. The molecule has 1 aliphatic heterocycles. The first kappa shape index (κ1) is 16.3. The first-order chi connectivity index (χ1) is 11.5. The molecule has 0 aliphatic carbocycles. The Morgan fingerprint density at radius 2 is 2.08 bits per heavy atom. The van der Waals surface area contributed by atoms with Gasteiger partial charge in [-0.2, -0.15) is 0 Å². The number of halogens is 2. The predicted octanol–water partition coefficient (Wildman–Crippen LogP) is 3.88. The van der Waals surface area contributed by atoms with Crippen LogP contribution >= 0.6 is 11.6 Å². The topological polar surface area (TPSA) is 38.8 Å².